The first kappa shape index (κ1) is 32.0. The largest absolute Gasteiger partial charge is 0.455 e. The molecule has 5 heterocycles. The van der Waals surface area contributed by atoms with Crippen molar-refractivity contribution in [2.45, 2.75) is 0 Å². The second kappa shape index (κ2) is 11.4. The van der Waals surface area contributed by atoms with Crippen LogP contribution in [0.15, 0.2) is 191 Å². The molecule has 61 heavy (non-hydrogen) atoms. The second-order valence-corrected chi connectivity index (χ2v) is 17.5. The molecule has 0 aliphatic rings. The molecule has 0 amide bonds. The summed E-state index contributed by atoms with van der Waals surface area (Å²) in [5, 5.41) is 16.6. The molecular formula is C56H30N2O2S. The van der Waals surface area contributed by atoms with Gasteiger partial charge in [-0.25, -0.2) is 0 Å². The number of benzene rings is 10. The smallest absolute Gasteiger partial charge is 0.145 e. The molecule has 0 saturated carbocycles. The highest BCUT2D eigenvalue weighted by Crippen LogP contribution is 2.45. The predicted molar refractivity (Wildman–Crippen MR) is 258 cm³/mol. The summed E-state index contributed by atoms with van der Waals surface area (Å²) in [7, 11) is 0. The zero-order valence-corrected chi connectivity index (χ0v) is 33.3. The molecule has 0 aliphatic carbocycles. The van der Waals surface area contributed by atoms with Crippen molar-refractivity contribution in [3.63, 3.8) is 0 Å². The van der Waals surface area contributed by atoms with E-state index in [0.717, 1.165) is 88.1 Å². The van der Waals surface area contributed by atoms with Crippen molar-refractivity contribution in [1.82, 2.24) is 9.13 Å². The van der Waals surface area contributed by atoms with Crippen LogP contribution in [-0.4, -0.2) is 9.13 Å². The van der Waals surface area contributed by atoms with Gasteiger partial charge in [-0.15, -0.1) is 11.3 Å². The lowest BCUT2D eigenvalue weighted by atomic mass is 10.0. The van der Waals surface area contributed by atoms with Crippen LogP contribution in [0.1, 0.15) is 0 Å². The molecule has 0 atom stereocenters. The predicted octanol–water partition coefficient (Wildman–Crippen LogP) is 16.4. The van der Waals surface area contributed by atoms with E-state index < -0.39 is 0 Å². The molecule has 0 N–H and O–H groups in total. The topological polar surface area (TPSA) is 36.1 Å². The Bertz CT molecular complexity index is 4140. The van der Waals surface area contributed by atoms with Crippen LogP contribution in [-0.2, 0) is 0 Å². The van der Waals surface area contributed by atoms with Crippen molar-refractivity contribution in [3.05, 3.63) is 182 Å². The van der Waals surface area contributed by atoms with E-state index in [2.05, 4.69) is 191 Å². The van der Waals surface area contributed by atoms with Crippen LogP contribution >= 0.6 is 11.3 Å². The minimum atomic E-state index is 0.918. The lowest BCUT2D eigenvalue weighted by Gasteiger charge is -2.08. The number of para-hydroxylation sites is 2. The summed E-state index contributed by atoms with van der Waals surface area (Å²) in [6, 6.07) is 66.3. The molecule has 0 bridgehead atoms. The van der Waals surface area contributed by atoms with E-state index in [9.17, 15) is 0 Å². The number of rotatable bonds is 2. The van der Waals surface area contributed by atoms with Gasteiger partial charge in [-0.3, -0.25) is 0 Å². The normalized spacial score (nSPS) is 12.6. The van der Waals surface area contributed by atoms with Gasteiger partial charge in [0.1, 0.15) is 22.3 Å². The molecular weight excluding hydrogens is 765 g/mol. The molecule has 0 fully saturated rings. The Morgan fingerprint density at radius 2 is 0.721 bits per heavy atom. The number of fused-ring (bicyclic) bond motifs is 19. The Balaban J connectivity index is 0.911. The number of hydrogen-bond donors (Lipinski definition) is 0. The summed E-state index contributed by atoms with van der Waals surface area (Å²) in [5.74, 6) is 0. The van der Waals surface area contributed by atoms with Gasteiger partial charge < -0.3 is 18.0 Å². The fourth-order valence-electron chi connectivity index (χ4n) is 10.5. The van der Waals surface area contributed by atoms with Crippen LogP contribution in [0.3, 0.4) is 0 Å². The molecule has 10 aromatic carbocycles. The van der Waals surface area contributed by atoms with Crippen LogP contribution in [0.2, 0.25) is 0 Å². The summed E-state index contributed by atoms with van der Waals surface area (Å²) in [4.78, 5) is 0. The van der Waals surface area contributed by atoms with E-state index >= 15 is 0 Å². The fourth-order valence-corrected chi connectivity index (χ4v) is 11.7. The van der Waals surface area contributed by atoms with E-state index in [-0.39, 0.29) is 0 Å². The molecule has 4 nitrogen and oxygen atoms in total. The number of thiophene rings is 1. The highest BCUT2D eigenvalue weighted by Gasteiger charge is 2.22. The molecule has 15 aromatic rings. The van der Waals surface area contributed by atoms with Crippen molar-refractivity contribution in [2.75, 3.05) is 0 Å². The lowest BCUT2D eigenvalue weighted by Crippen LogP contribution is -1.93. The first-order valence-electron chi connectivity index (χ1n) is 20.7. The van der Waals surface area contributed by atoms with Crippen molar-refractivity contribution in [1.29, 1.82) is 0 Å². The maximum absolute atomic E-state index is 6.77. The van der Waals surface area contributed by atoms with Crippen LogP contribution in [0.5, 0.6) is 0 Å². The highest BCUT2D eigenvalue weighted by molar-refractivity contribution is 7.25. The van der Waals surface area contributed by atoms with Crippen molar-refractivity contribution in [2.24, 2.45) is 0 Å². The zero-order valence-electron chi connectivity index (χ0n) is 32.4. The summed E-state index contributed by atoms with van der Waals surface area (Å²) >= 11 is 1.86. The van der Waals surface area contributed by atoms with E-state index in [4.69, 9.17) is 8.83 Å². The summed E-state index contributed by atoms with van der Waals surface area (Å²) in [5.41, 5.74) is 10.6. The lowest BCUT2D eigenvalue weighted by molar-refractivity contribution is 0.673. The van der Waals surface area contributed by atoms with Crippen LogP contribution < -0.4 is 0 Å². The van der Waals surface area contributed by atoms with Crippen LogP contribution in [0.4, 0.5) is 0 Å². The Hall–Kier alpha value is -7.86. The average Bonchev–Trinajstić information content (AvgIpc) is 4.11. The highest BCUT2D eigenvalue weighted by atomic mass is 32.1. The number of nitrogens with zero attached hydrogens (tertiary/aromatic N) is 2. The van der Waals surface area contributed by atoms with Gasteiger partial charge in [-0.2, -0.15) is 0 Å². The molecule has 0 radical (unpaired) electrons. The molecule has 0 spiro atoms. The molecule has 5 heteroatoms. The van der Waals surface area contributed by atoms with Gasteiger partial charge in [0.15, 0.2) is 0 Å². The standard InChI is InChI=1S/C56H30N2O2S/c1-3-11-33-27-49-43(25-31(33)9-1)39-21-23-47-53(55(39)59-49)41-13-5-7-15-45(41)57(47)35-17-19-37-38-20-18-36(30-52(38)61-51(37)29-35)58-46-16-8-6-14-42(46)54-48(58)24-22-40-44-26-32-10-2-4-12-34(32)28-50(44)60-56(40)54/h1-30H. The van der Waals surface area contributed by atoms with E-state index in [0.29, 0.717) is 0 Å². The minimum absolute atomic E-state index is 0.918. The number of furan rings is 2. The third kappa shape index (κ3) is 4.22. The van der Waals surface area contributed by atoms with Crippen molar-refractivity contribution in [3.8, 4) is 11.4 Å². The molecule has 5 aromatic heterocycles. The quantitative estimate of drug-likeness (QED) is 0.175. The first-order chi connectivity index (χ1) is 30.2. The van der Waals surface area contributed by atoms with Crippen molar-refractivity contribution >= 4 is 141 Å². The Morgan fingerprint density at radius 1 is 0.311 bits per heavy atom. The minimum Gasteiger partial charge on any atom is -0.455 e. The van der Waals surface area contributed by atoms with Gasteiger partial charge in [0.05, 0.1) is 32.8 Å². The maximum atomic E-state index is 6.77. The number of aromatic nitrogens is 2. The van der Waals surface area contributed by atoms with Gasteiger partial charge >= 0.3 is 0 Å². The SMILES string of the molecule is c1ccc2cc3c(cc2c1)oc1c3ccc2c1c1ccccc1n2-c1ccc2c(c1)sc1cc(-n3c4ccccc4c4c5oc6cc7ccccc7cc6c5ccc43)ccc12. The Labute approximate surface area is 350 Å². The molecule has 282 valence electrons. The molecule has 0 saturated heterocycles. The van der Waals surface area contributed by atoms with Crippen LogP contribution in [0.25, 0.3) is 141 Å². The van der Waals surface area contributed by atoms with Gasteiger partial charge in [0, 0.05) is 63.9 Å². The van der Waals surface area contributed by atoms with Crippen LogP contribution in [0, 0.1) is 0 Å². The van der Waals surface area contributed by atoms with Gasteiger partial charge in [-0.05, 0) is 106 Å². The second-order valence-electron chi connectivity index (χ2n) is 16.4. The zero-order chi connectivity index (χ0) is 39.5. The van der Waals surface area contributed by atoms with Gasteiger partial charge in [0.2, 0.25) is 0 Å². The molecule has 15 rings (SSSR count). The van der Waals surface area contributed by atoms with E-state index in [1.807, 2.05) is 11.3 Å². The monoisotopic (exact) mass is 794 g/mol. The van der Waals surface area contributed by atoms with Gasteiger partial charge in [0.25, 0.3) is 0 Å². The third-order valence-electron chi connectivity index (χ3n) is 13.2. The van der Waals surface area contributed by atoms with Crippen molar-refractivity contribution < 1.29 is 8.83 Å². The Morgan fingerprint density at radius 3 is 1.20 bits per heavy atom. The Kier molecular flexibility index (Phi) is 6.01. The van der Waals surface area contributed by atoms with Gasteiger partial charge in [-0.1, -0.05) is 97.1 Å². The summed E-state index contributed by atoms with van der Waals surface area (Å²) < 4.78 is 20.9. The summed E-state index contributed by atoms with van der Waals surface area (Å²) in [6.45, 7) is 0. The molecule has 0 unspecified atom stereocenters. The average molecular weight is 795 g/mol. The number of hydrogen-bond acceptors (Lipinski definition) is 3. The summed E-state index contributed by atoms with van der Waals surface area (Å²) in [6.07, 6.45) is 0. The first-order valence-corrected chi connectivity index (χ1v) is 21.5. The maximum Gasteiger partial charge on any atom is 0.145 e. The van der Waals surface area contributed by atoms with E-state index in [1.54, 1.807) is 0 Å². The molecule has 0 aliphatic heterocycles. The third-order valence-corrected chi connectivity index (χ3v) is 14.4. The van der Waals surface area contributed by atoms with E-state index in [1.165, 1.54) is 52.5 Å². The fraction of sp³-hybridized carbons (Fsp3) is 0.